The number of ether oxygens (including phenoxy) is 1. The largest absolute Gasteiger partial charge is 0.379 e. The van der Waals surface area contributed by atoms with Gasteiger partial charge in [0.25, 0.3) is 5.56 Å². The number of rotatable bonds is 6. The first kappa shape index (κ1) is 21.8. The van der Waals surface area contributed by atoms with Gasteiger partial charge in [0, 0.05) is 32.7 Å². The number of likely N-dealkylation sites (tertiary alicyclic amines) is 1. The second kappa shape index (κ2) is 9.78. The van der Waals surface area contributed by atoms with Crippen molar-refractivity contribution in [2.75, 3.05) is 45.9 Å². The molecule has 2 aliphatic rings. The highest BCUT2D eigenvalue weighted by Gasteiger charge is 2.25. The van der Waals surface area contributed by atoms with Gasteiger partial charge >= 0.3 is 5.69 Å². The Morgan fingerprint density at radius 3 is 2.45 bits per heavy atom. The number of carbonyl (C=O) groups excluding carboxylic acids is 1. The normalized spacial score (nSPS) is 18.5. The minimum absolute atomic E-state index is 0.0297. The summed E-state index contributed by atoms with van der Waals surface area (Å²) < 4.78 is 8.06. The van der Waals surface area contributed by atoms with E-state index in [0.717, 1.165) is 65.2 Å². The van der Waals surface area contributed by atoms with Crippen LogP contribution in [0.25, 0.3) is 10.9 Å². The van der Waals surface area contributed by atoms with Gasteiger partial charge in [-0.2, -0.15) is 0 Å². The number of morpholine rings is 1. The summed E-state index contributed by atoms with van der Waals surface area (Å²) in [6.07, 6.45) is 3.16. The maximum atomic E-state index is 13.0. The van der Waals surface area contributed by atoms with Crippen molar-refractivity contribution < 1.29 is 9.53 Å². The van der Waals surface area contributed by atoms with E-state index in [1.807, 2.05) is 4.90 Å². The summed E-state index contributed by atoms with van der Waals surface area (Å²) in [7, 11) is 0. The number of nitrogens with zero attached hydrogens (tertiary/aromatic N) is 4. The van der Waals surface area contributed by atoms with Gasteiger partial charge in [0.15, 0.2) is 0 Å². The molecule has 0 N–H and O–H groups in total. The van der Waals surface area contributed by atoms with E-state index in [9.17, 15) is 14.4 Å². The second-order valence-electron chi connectivity index (χ2n) is 8.50. The molecule has 31 heavy (non-hydrogen) atoms. The fourth-order valence-electron chi connectivity index (χ4n) is 4.70. The van der Waals surface area contributed by atoms with Gasteiger partial charge in [0.1, 0.15) is 6.54 Å². The van der Waals surface area contributed by atoms with E-state index in [-0.39, 0.29) is 24.6 Å². The third-order valence-corrected chi connectivity index (χ3v) is 6.67. The molecule has 0 spiro atoms. The fraction of sp³-hybridized carbons (Fsp3) is 0.609. The number of amides is 1. The molecule has 168 valence electrons. The molecule has 0 atom stereocenters. The molecule has 8 nitrogen and oxygen atoms in total. The van der Waals surface area contributed by atoms with E-state index in [4.69, 9.17) is 4.74 Å². The number of hydrogen-bond acceptors (Lipinski definition) is 5. The van der Waals surface area contributed by atoms with Crippen LogP contribution in [0.3, 0.4) is 0 Å². The molecule has 8 heteroatoms. The van der Waals surface area contributed by atoms with E-state index in [1.165, 1.54) is 9.13 Å². The molecule has 0 saturated carbocycles. The number of benzene rings is 1. The Morgan fingerprint density at radius 1 is 1.03 bits per heavy atom. The summed E-state index contributed by atoms with van der Waals surface area (Å²) in [6.45, 7) is 8.26. The van der Waals surface area contributed by atoms with Crippen molar-refractivity contribution in [3.05, 3.63) is 45.1 Å². The van der Waals surface area contributed by atoms with Gasteiger partial charge in [-0.25, -0.2) is 4.79 Å². The van der Waals surface area contributed by atoms with E-state index in [0.29, 0.717) is 16.8 Å². The molecule has 2 aromatic rings. The highest BCUT2D eigenvalue weighted by Crippen LogP contribution is 2.21. The smallest absolute Gasteiger partial charge is 0.331 e. The number of hydrogen-bond donors (Lipinski definition) is 0. The van der Waals surface area contributed by atoms with Gasteiger partial charge in [-0.1, -0.05) is 12.1 Å². The Kier molecular flexibility index (Phi) is 6.87. The van der Waals surface area contributed by atoms with Crippen LogP contribution in [0.2, 0.25) is 0 Å². The average Bonchev–Trinajstić information content (AvgIpc) is 2.81. The number of fused-ring (bicyclic) bond motifs is 1. The van der Waals surface area contributed by atoms with Gasteiger partial charge in [0.05, 0.1) is 24.1 Å². The number of para-hydroxylation sites is 1. The first-order valence-corrected chi connectivity index (χ1v) is 11.4. The minimum atomic E-state index is -0.417. The Morgan fingerprint density at radius 2 is 1.74 bits per heavy atom. The lowest BCUT2D eigenvalue weighted by Gasteiger charge is -2.34. The topological polar surface area (TPSA) is 76.8 Å². The van der Waals surface area contributed by atoms with Gasteiger partial charge in [0.2, 0.25) is 5.91 Å². The lowest BCUT2D eigenvalue weighted by molar-refractivity contribution is -0.133. The minimum Gasteiger partial charge on any atom is -0.379 e. The number of carbonyl (C=O) groups is 1. The van der Waals surface area contributed by atoms with Crippen molar-refractivity contribution >= 4 is 16.8 Å². The van der Waals surface area contributed by atoms with Crippen molar-refractivity contribution in [2.24, 2.45) is 5.92 Å². The molecular weight excluding hydrogens is 396 g/mol. The molecule has 2 saturated heterocycles. The van der Waals surface area contributed by atoms with Crippen LogP contribution in [0.4, 0.5) is 0 Å². The predicted octanol–water partition coefficient (Wildman–Crippen LogP) is 1.14. The third kappa shape index (κ3) is 4.75. The van der Waals surface area contributed by atoms with E-state index >= 15 is 0 Å². The van der Waals surface area contributed by atoms with Crippen LogP contribution in [0, 0.1) is 5.92 Å². The van der Waals surface area contributed by atoms with Gasteiger partial charge in [-0.3, -0.25) is 23.6 Å². The van der Waals surface area contributed by atoms with Crippen molar-refractivity contribution in [2.45, 2.75) is 39.3 Å². The highest BCUT2D eigenvalue weighted by atomic mass is 16.5. The Bertz CT molecular complexity index is 1030. The third-order valence-electron chi connectivity index (χ3n) is 6.67. The van der Waals surface area contributed by atoms with Gasteiger partial charge < -0.3 is 9.64 Å². The standard InChI is InChI=1S/C23H32N4O4/c1-2-26-22(29)19-5-3-4-6-20(19)27(23(26)30)17-21(28)25-11-8-18(9-12-25)7-10-24-13-15-31-16-14-24/h3-6,18H,2,7-17H2,1H3. The monoisotopic (exact) mass is 428 g/mol. The van der Waals surface area contributed by atoms with E-state index in [1.54, 1.807) is 31.2 Å². The SMILES string of the molecule is CCn1c(=O)c2ccccc2n(CC(=O)N2CCC(CCN3CCOCC3)CC2)c1=O. The van der Waals surface area contributed by atoms with Crippen LogP contribution in [-0.2, 0) is 22.6 Å². The molecule has 1 amide bonds. The highest BCUT2D eigenvalue weighted by molar-refractivity contribution is 5.81. The molecule has 3 heterocycles. The van der Waals surface area contributed by atoms with E-state index < -0.39 is 5.69 Å². The van der Waals surface area contributed by atoms with Crippen molar-refractivity contribution in [3.63, 3.8) is 0 Å². The molecule has 0 aliphatic carbocycles. The molecule has 2 aliphatic heterocycles. The maximum absolute atomic E-state index is 13.0. The van der Waals surface area contributed by atoms with Crippen LogP contribution in [0.5, 0.6) is 0 Å². The van der Waals surface area contributed by atoms with E-state index in [2.05, 4.69) is 4.90 Å². The van der Waals surface area contributed by atoms with Crippen LogP contribution in [0.15, 0.2) is 33.9 Å². The summed E-state index contributed by atoms with van der Waals surface area (Å²) >= 11 is 0. The summed E-state index contributed by atoms with van der Waals surface area (Å²) in [6, 6.07) is 7.02. The lowest BCUT2D eigenvalue weighted by atomic mass is 9.93. The first-order valence-electron chi connectivity index (χ1n) is 11.4. The van der Waals surface area contributed by atoms with Crippen molar-refractivity contribution in [1.29, 1.82) is 0 Å². The second-order valence-corrected chi connectivity index (χ2v) is 8.50. The molecule has 0 bridgehead atoms. The Labute approximate surface area is 182 Å². The number of piperidine rings is 1. The van der Waals surface area contributed by atoms with Crippen LogP contribution < -0.4 is 11.2 Å². The summed E-state index contributed by atoms with van der Waals surface area (Å²) in [5, 5.41) is 0.471. The molecular formula is C23H32N4O4. The number of aromatic nitrogens is 2. The van der Waals surface area contributed by atoms with Crippen LogP contribution >= 0.6 is 0 Å². The quantitative estimate of drug-likeness (QED) is 0.690. The summed E-state index contributed by atoms with van der Waals surface area (Å²) in [5.41, 5.74) is -0.191. The first-order chi connectivity index (χ1) is 15.1. The van der Waals surface area contributed by atoms with Crippen molar-refractivity contribution in [1.82, 2.24) is 18.9 Å². The van der Waals surface area contributed by atoms with Gasteiger partial charge in [-0.15, -0.1) is 0 Å². The molecule has 2 fully saturated rings. The zero-order chi connectivity index (χ0) is 21.8. The lowest BCUT2D eigenvalue weighted by Crippen LogP contribution is -2.45. The fourth-order valence-corrected chi connectivity index (χ4v) is 4.70. The average molecular weight is 429 g/mol. The Hall–Kier alpha value is -2.45. The summed E-state index contributed by atoms with van der Waals surface area (Å²) in [4.78, 5) is 42.8. The molecule has 0 radical (unpaired) electrons. The molecule has 0 unspecified atom stereocenters. The summed E-state index contributed by atoms with van der Waals surface area (Å²) in [5.74, 6) is 0.581. The van der Waals surface area contributed by atoms with Crippen LogP contribution in [0.1, 0.15) is 26.2 Å². The van der Waals surface area contributed by atoms with Crippen LogP contribution in [-0.4, -0.2) is 70.8 Å². The molecule has 4 rings (SSSR count). The molecule has 1 aromatic heterocycles. The zero-order valence-electron chi connectivity index (χ0n) is 18.3. The van der Waals surface area contributed by atoms with Crippen molar-refractivity contribution in [3.8, 4) is 0 Å². The predicted molar refractivity (Wildman–Crippen MR) is 119 cm³/mol. The zero-order valence-corrected chi connectivity index (χ0v) is 18.3. The Balaban J connectivity index is 1.40. The maximum Gasteiger partial charge on any atom is 0.331 e. The van der Waals surface area contributed by atoms with Gasteiger partial charge in [-0.05, 0) is 50.8 Å². The molecule has 1 aromatic carbocycles.